The molecule has 1 aliphatic heterocycles. The number of carbonyl (C=O) groups is 2. The number of hydrogen-bond acceptors (Lipinski definition) is 2. The fourth-order valence-corrected chi connectivity index (χ4v) is 2.85. The Morgan fingerprint density at radius 1 is 1.35 bits per heavy atom. The van der Waals surface area contributed by atoms with Crippen LogP contribution in [0.1, 0.15) is 47.0 Å². The number of carbonyl (C=O) groups excluding carboxylic acids is 2. The first-order valence-corrected chi connectivity index (χ1v) is 7.79. The second-order valence-electron chi connectivity index (χ2n) is 5.43. The lowest BCUT2D eigenvalue weighted by Gasteiger charge is -2.47. The van der Waals surface area contributed by atoms with Crippen LogP contribution in [0.2, 0.25) is 0 Å². The van der Waals surface area contributed by atoms with Crippen molar-refractivity contribution in [2.75, 3.05) is 6.54 Å². The summed E-state index contributed by atoms with van der Waals surface area (Å²) in [6.07, 6.45) is 3.76. The second-order valence-corrected chi connectivity index (χ2v) is 5.68. The van der Waals surface area contributed by atoms with Crippen LogP contribution in [0.15, 0.2) is 11.6 Å². The topological polar surface area (TPSA) is 49.4 Å². The summed E-state index contributed by atoms with van der Waals surface area (Å²) in [5.41, 5.74) is 0.633. The highest BCUT2D eigenvalue weighted by Gasteiger charge is 2.49. The molecule has 1 rings (SSSR count). The lowest BCUT2D eigenvalue weighted by molar-refractivity contribution is -0.156. The van der Waals surface area contributed by atoms with Gasteiger partial charge >= 0.3 is 0 Å². The Labute approximate surface area is 126 Å². The first-order chi connectivity index (χ1) is 9.47. The van der Waals surface area contributed by atoms with Gasteiger partial charge in [0, 0.05) is 12.1 Å². The average molecular weight is 301 g/mol. The average Bonchev–Trinajstić information content (AvgIpc) is 2.46. The highest BCUT2D eigenvalue weighted by Crippen LogP contribution is 2.28. The monoisotopic (exact) mass is 300 g/mol. The van der Waals surface area contributed by atoms with Crippen LogP contribution < -0.4 is 5.32 Å². The van der Waals surface area contributed by atoms with Crippen molar-refractivity contribution in [2.24, 2.45) is 5.92 Å². The number of nitrogens with zero attached hydrogens (tertiary/aromatic N) is 1. The fraction of sp³-hybridized carbons (Fsp3) is 0.733. The molecular formula is C15H25ClN2O2. The first kappa shape index (κ1) is 17.0. The fourth-order valence-electron chi connectivity index (χ4n) is 2.77. The van der Waals surface area contributed by atoms with Gasteiger partial charge in [-0.15, -0.1) is 0 Å². The van der Waals surface area contributed by atoms with E-state index in [0.29, 0.717) is 19.4 Å². The van der Waals surface area contributed by atoms with Gasteiger partial charge in [0.25, 0.3) is 0 Å². The van der Waals surface area contributed by atoms with Gasteiger partial charge in [-0.25, -0.2) is 0 Å². The molecule has 2 unspecified atom stereocenters. The number of piperazine rings is 1. The summed E-state index contributed by atoms with van der Waals surface area (Å²) < 4.78 is 0. The summed E-state index contributed by atoms with van der Waals surface area (Å²) >= 11 is 5.59. The molecule has 1 saturated heterocycles. The van der Waals surface area contributed by atoms with Crippen molar-refractivity contribution < 1.29 is 9.59 Å². The molecule has 0 aromatic carbocycles. The summed E-state index contributed by atoms with van der Waals surface area (Å²) in [6, 6.07) is -0.411. The second kappa shape index (κ2) is 7.11. The number of halogens is 1. The van der Waals surface area contributed by atoms with Gasteiger partial charge in [-0.05, 0) is 18.8 Å². The molecular weight excluding hydrogens is 276 g/mol. The Morgan fingerprint density at radius 2 is 1.95 bits per heavy atom. The Hall–Kier alpha value is -1.03. The third kappa shape index (κ3) is 3.00. The zero-order chi connectivity index (χ0) is 15.3. The maximum atomic E-state index is 12.8. The van der Waals surface area contributed by atoms with E-state index in [-0.39, 0.29) is 17.7 Å². The minimum Gasteiger partial charge on any atom is -0.340 e. The molecule has 0 spiro atoms. The van der Waals surface area contributed by atoms with Crippen LogP contribution in [0.4, 0.5) is 0 Å². The minimum atomic E-state index is -0.763. The largest absolute Gasteiger partial charge is 0.340 e. The van der Waals surface area contributed by atoms with Crippen molar-refractivity contribution in [2.45, 2.75) is 58.5 Å². The highest BCUT2D eigenvalue weighted by atomic mass is 35.5. The number of hydrogen-bond donors (Lipinski definition) is 1. The Balaban J connectivity index is 3.16. The van der Waals surface area contributed by atoms with E-state index in [1.165, 1.54) is 5.54 Å². The lowest BCUT2D eigenvalue weighted by atomic mass is 9.84. The maximum absolute atomic E-state index is 12.8. The maximum Gasteiger partial charge on any atom is 0.249 e. The molecule has 1 heterocycles. The van der Waals surface area contributed by atoms with E-state index in [0.717, 1.165) is 6.42 Å². The van der Waals surface area contributed by atoms with Gasteiger partial charge in [0.15, 0.2) is 0 Å². The van der Waals surface area contributed by atoms with Gasteiger partial charge in [0.1, 0.15) is 11.6 Å². The number of rotatable bonds is 6. The van der Waals surface area contributed by atoms with Crippen molar-refractivity contribution in [3.05, 3.63) is 11.6 Å². The Kier molecular flexibility index (Phi) is 6.06. The van der Waals surface area contributed by atoms with E-state index in [1.54, 1.807) is 11.0 Å². The van der Waals surface area contributed by atoms with E-state index in [9.17, 15) is 9.59 Å². The molecule has 0 bridgehead atoms. The van der Waals surface area contributed by atoms with Crippen LogP contribution in [-0.2, 0) is 9.59 Å². The highest BCUT2D eigenvalue weighted by molar-refractivity contribution is 6.25. The number of nitrogens with one attached hydrogen (secondary N) is 1. The standard InChI is InChI=1S/C15H25ClN2O2/c1-5-11(4)12-13(19)17-15(6-2,7-3)14(20)18(12)10-8-9-16/h8-9,11-12H,5-7,10H2,1-4H3,(H,17,19)/b9-8+. The van der Waals surface area contributed by atoms with Crippen molar-refractivity contribution in [1.82, 2.24) is 10.2 Å². The van der Waals surface area contributed by atoms with Gasteiger partial charge in [-0.1, -0.05) is 51.8 Å². The first-order valence-electron chi connectivity index (χ1n) is 7.35. The summed E-state index contributed by atoms with van der Waals surface area (Å²) in [5, 5.41) is 2.96. The zero-order valence-corrected chi connectivity index (χ0v) is 13.5. The molecule has 4 nitrogen and oxygen atoms in total. The number of amides is 2. The van der Waals surface area contributed by atoms with Crippen molar-refractivity contribution in [1.29, 1.82) is 0 Å². The van der Waals surface area contributed by atoms with Gasteiger partial charge in [-0.3, -0.25) is 9.59 Å². The minimum absolute atomic E-state index is 0.00201. The van der Waals surface area contributed by atoms with E-state index < -0.39 is 11.6 Å². The molecule has 0 aromatic heterocycles. The van der Waals surface area contributed by atoms with Crippen LogP contribution in [-0.4, -0.2) is 34.8 Å². The van der Waals surface area contributed by atoms with Gasteiger partial charge in [0.2, 0.25) is 11.8 Å². The lowest BCUT2D eigenvalue weighted by Crippen LogP contribution is -2.71. The van der Waals surface area contributed by atoms with E-state index in [4.69, 9.17) is 11.6 Å². The van der Waals surface area contributed by atoms with Gasteiger partial charge in [-0.2, -0.15) is 0 Å². The van der Waals surface area contributed by atoms with E-state index in [1.807, 2.05) is 27.7 Å². The summed E-state index contributed by atoms with van der Waals surface area (Å²) in [7, 11) is 0. The Morgan fingerprint density at radius 3 is 2.40 bits per heavy atom. The third-order valence-corrected chi connectivity index (χ3v) is 4.60. The molecule has 0 aromatic rings. The van der Waals surface area contributed by atoms with Crippen molar-refractivity contribution in [3.63, 3.8) is 0 Å². The third-order valence-electron chi connectivity index (χ3n) is 4.42. The summed E-state index contributed by atoms with van der Waals surface area (Å²) in [6.45, 7) is 8.27. The van der Waals surface area contributed by atoms with Crippen molar-refractivity contribution >= 4 is 23.4 Å². The predicted molar refractivity (Wildman–Crippen MR) is 81.4 cm³/mol. The van der Waals surface area contributed by atoms with Gasteiger partial charge in [0.05, 0.1) is 0 Å². The van der Waals surface area contributed by atoms with Crippen LogP contribution in [0, 0.1) is 5.92 Å². The van der Waals surface area contributed by atoms with E-state index >= 15 is 0 Å². The summed E-state index contributed by atoms with van der Waals surface area (Å²) in [4.78, 5) is 27.0. The quantitative estimate of drug-likeness (QED) is 0.820. The molecule has 2 atom stereocenters. The molecule has 0 saturated carbocycles. The molecule has 1 N–H and O–H groups in total. The molecule has 0 aliphatic carbocycles. The summed E-state index contributed by atoms with van der Waals surface area (Å²) in [5.74, 6) is 0.0715. The molecule has 1 aliphatic rings. The molecule has 114 valence electrons. The van der Waals surface area contributed by atoms with Crippen LogP contribution in [0.3, 0.4) is 0 Å². The smallest absolute Gasteiger partial charge is 0.249 e. The Bertz CT molecular complexity index is 391. The molecule has 5 heteroatoms. The molecule has 0 radical (unpaired) electrons. The van der Waals surface area contributed by atoms with Gasteiger partial charge < -0.3 is 10.2 Å². The normalized spacial score (nSPS) is 24.1. The molecule has 20 heavy (non-hydrogen) atoms. The zero-order valence-electron chi connectivity index (χ0n) is 12.8. The van der Waals surface area contributed by atoms with Crippen molar-refractivity contribution in [3.8, 4) is 0 Å². The van der Waals surface area contributed by atoms with E-state index in [2.05, 4.69) is 5.32 Å². The predicted octanol–water partition coefficient (Wildman–Crippen LogP) is 2.67. The van der Waals surface area contributed by atoms with Crippen LogP contribution in [0.5, 0.6) is 0 Å². The molecule has 2 amide bonds. The molecule has 1 fully saturated rings. The SMILES string of the molecule is CCC(C)C1C(=O)NC(CC)(CC)C(=O)N1C/C=C/Cl. The van der Waals surface area contributed by atoms with Crippen LogP contribution in [0.25, 0.3) is 0 Å². The van der Waals surface area contributed by atoms with Crippen LogP contribution >= 0.6 is 11.6 Å².